The lowest BCUT2D eigenvalue weighted by atomic mass is 9.90. The van der Waals surface area contributed by atoms with Crippen molar-refractivity contribution in [2.45, 2.75) is 25.4 Å². The van der Waals surface area contributed by atoms with Gasteiger partial charge in [-0.1, -0.05) is 12.1 Å². The lowest BCUT2D eigenvalue weighted by molar-refractivity contribution is 0.127. The summed E-state index contributed by atoms with van der Waals surface area (Å²) in [4.78, 5) is 13.3. The fraction of sp³-hybridized carbons (Fsp3) is 0.385. The van der Waals surface area contributed by atoms with E-state index in [1.54, 1.807) is 0 Å². The van der Waals surface area contributed by atoms with Crippen molar-refractivity contribution in [3.8, 4) is 0 Å². The topological polar surface area (TPSA) is 50.3 Å². The Balaban J connectivity index is 1.91. The van der Waals surface area contributed by atoms with Gasteiger partial charge in [-0.25, -0.2) is 0 Å². The monoisotopic (exact) mass is 353 g/mol. The number of hydrogen-bond donors (Lipinski definition) is 1. The standard InChI is InChI=1S/C13H12IN3O/c1-6-12-13(6,7(2)17-18-12)8-3-10-11(16-4-8)9(14)5-15-10/h3-6,12,15H,1-2H3. The van der Waals surface area contributed by atoms with Gasteiger partial charge in [0.2, 0.25) is 0 Å². The zero-order valence-corrected chi connectivity index (χ0v) is 12.2. The van der Waals surface area contributed by atoms with Gasteiger partial charge in [-0.05, 0) is 41.1 Å². The third kappa shape index (κ3) is 1.07. The molecule has 0 radical (unpaired) electrons. The predicted octanol–water partition coefficient (Wildman–Crippen LogP) is 2.83. The number of nitrogens with zero attached hydrogens (tertiary/aromatic N) is 2. The third-order valence-corrected chi connectivity index (χ3v) is 5.18. The summed E-state index contributed by atoms with van der Waals surface area (Å²) in [5.41, 5.74) is 4.38. The second kappa shape index (κ2) is 3.26. The van der Waals surface area contributed by atoms with E-state index >= 15 is 0 Å². The number of hydrogen-bond acceptors (Lipinski definition) is 3. The van der Waals surface area contributed by atoms with Crippen LogP contribution in [0.3, 0.4) is 0 Å². The molecule has 3 unspecified atom stereocenters. The number of H-pyrrole nitrogens is 1. The van der Waals surface area contributed by atoms with E-state index in [2.05, 4.69) is 50.7 Å². The third-order valence-electron chi connectivity index (χ3n) is 4.36. The molecule has 1 fully saturated rings. The number of aromatic amines is 1. The summed E-state index contributed by atoms with van der Waals surface area (Å²) in [6.45, 7) is 4.26. The second-order valence-electron chi connectivity index (χ2n) is 5.12. The summed E-state index contributed by atoms with van der Waals surface area (Å²) >= 11 is 2.29. The molecule has 0 aromatic carbocycles. The van der Waals surface area contributed by atoms with Gasteiger partial charge >= 0.3 is 0 Å². The molecular weight excluding hydrogens is 341 g/mol. The molecule has 0 spiro atoms. The fourth-order valence-corrected chi connectivity index (χ4v) is 3.87. The first kappa shape index (κ1) is 10.8. The Labute approximate surface area is 118 Å². The maximum Gasteiger partial charge on any atom is 0.146 e. The Bertz CT molecular complexity index is 693. The smallest absolute Gasteiger partial charge is 0.146 e. The molecular formula is C13H12IN3O. The first-order chi connectivity index (χ1) is 8.65. The maximum absolute atomic E-state index is 5.47. The summed E-state index contributed by atoms with van der Waals surface area (Å²) < 4.78 is 1.15. The van der Waals surface area contributed by atoms with Crippen LogP contribution in [0.4, 0.5) is 0 Å². The van der Waals surface area contributed by atoms with Gasteiger partial charge in [0.05, 0.1) is 20.2 Å². The van der Waals surface area contributed by atoms with E-state index in [-0.39, 0.29) is 11.5 Å². The zero-order valence-electron chi connectivity index (χ0n) is 10.1. The van der Waals surface area contributed by atoms with Crippen LogP contribution in [0.5, 0.6) is 0 Å². The van der Waals surface area contributed by atoms with Crippen LogP contribution in [0.2, 0.25) is 0 Å². The molecule has 4 rings (SSSR count). The SMILES string of the molecule is CC1=NOC2C(C)C12c1cnc2c(I)c[nH]c2c1. The van der Waals surface area contributed by atoms with E-state index in [1.165, 1.54) is 5.56 Å². The lowest BCUT2D eigenvalue weighted by Crippen LogP contribution is -2.20. The van der Waals surface area contributed by atoms with Crippen LogP contribution in [0.25, 0.3) is 11.0 Å². The maximum atomic E-state index is 5.47. The molecule has 2 aliphatic rings. The van der Waals surface area contributed by atoms with Crippen molar-refractivity contribution in [2.75, 3.05) is 0 Å². The van der Waals surface area contributed by atoms with Crippen LogP contribution in [0.1, 0.15) is 19.4 Å². The largest absolute Gasteiger partial charge is 0.391 e. The molecule has 0 saturated heterocycles. The van der Waals surface area contributed by atoms with Crippen LogP contribution in [-0.2, 0) is 10.3 Å². The lowest BCUT2D eigenvalue weighted by Gasteiger charge is -2.12. The number of halogens is 1. The number of fused-ring (bicyclic) bond motifs is 2. The summed E-state index contributed by atoms with van der Waals surface area (Å²) in [6, 6.07) is 2.19. The Hall–Kier alpha value is -1.11. The van der Waals surface area contributed by atoms with Crippen molar-refractivity contribution in [2.24, 2.45) is 11.1 Å². The van der Waals surface area contributed by atoms with E-state index in [0.717, 1.165) is 20.3 Å². The predicted molar refractivity (Wildman–Crippen MR) is 77.6 cm³/mol. The summed E-state index contributed by atoms with van der Waals surface area (Å²) in [6.07, 6.45) is 4.16. The van der Waals surface area contributed by atoms with Crippen molar-refractivity contribution < 1.29 is 4.84 Å². The van der Waals surface area contributed by atoms with Crippen molar-refractivity contribution in [3.63, 3.8) is 0 Å². The van der Waals surface area contributed by atoms with Crippen LogP contribution in [0, 0.1) is 9.49 Å². The first-order valence-corrected chi connectivity index (χ1v) is 7.07. The second-order valence-corrected chi connectivity index (χ2v) is 6.28. The van der Waals surface area contributed by atoms with Gasteiger partial charge in [-0.15, -0.1) is 0 Å². The van der Waals surface area contributed by atoms with Gasteiger partial charge in [0.25, 0.3) is 0 Å². The molecule has 1 saturated carbocycles. The van der Waals surface area contributed by atoms with Crippen molar-refractivity contribution >= 4 is 39.3 Å². The van der Waals surface area contributed by atoms with E-state index in [0.29, 0.717) is 5.92 Å². The molecule has 3 heterocycles. The summed E-state index contributed by atoms with van der Waals surface area (Å²) in [5.74, 6) is 0.489. The van der Waals surface area contributed by atoms with E-state index in [9.17, 15) is 0 Å². The van der Waals surface area contributed by atoms with Crippen LogP contribution in [-0.4, -0.2) is 21.8 Å². The molecule has 1 aliphatic carbocycles. The van der Waals surface area contributed by atoms with Crippen molar-refractivity contribution in [1.82, 2.24) is 9.97 Å². The van der Waals surface area contributed by atoms with E-state index in [4.69, 9.17) is 4.84 Å². The van der Waals surface area contributed by atoms with E-state index in [1.807, 2.05) is 19.3 Å². The van der Waals surface area contributed by atoms with Crippen LogP contribution >= 0.6 is 22.6 Å². The molecule has 4 nitrogen and oxygen atoms in total. The summed E-state index contributed by atoms with van der Waals surface area (Å²) in [5, 5.41) is 4.13. The van der Waals surface area contributed by atoms with Gasteiger partial charge in [-0.2, -0.15) is 0 Å². The number of rotatable bonds is 1. The van der Waals surface area contributed by atoms with Gasteiger partial charge in [-0.3, -0.25) is 4.98 Å². The molecule has 2 aromatic rings. The Morgan fingerprint density at radius 3 is 3.06 bits per heavy atom. The minimum atomic E-state index is -0.0300. The normalized spacial score (nSPS) is 33.2. The molecule has 92 valence electrons. The molecule has 1 aliphatic heterocycles. The molecule has 3 atom stereocenters. The van der Waals surface area contributed by atoms with Gasteiger partial charge in [0.1, 0.15) is 11.6 Å². The van der Waals surface area contributed by atoms with Crippen LogP contribution in [0.15, 0.2) is 23.6 Å². The highest BCUT2D eigenvalue weighted by molar-refractivity contribution is 14.1. The molecule has 1 N–H and O–H groups in total. The van der Waals surface area contributed by atoms with Gasteiger partial charge < -0.3 is 9.82 Å². The minimum absolute atomic E-state index is 0.0300. The van der Waals surface area contributed by atoms with Crippen LogP contribution < -0.4 is 0 Å². The number of pyridine rings is 1. The average Bonchev–Trinajstić information content (AvgIpc) is 2.68. The van der Waals surface area contributed by atoms with Gasteiger partial charge in [0.15, 0.2) is 0 Å². The summed E-state index contributed by atoms with van der Waals surface area (Å²) in [7, 11) is 0. The molecule has 5 heteroatoms. The fourth-order valence-electron chi connectivity index (χ4n) is 3.28. The zero-order chi connectivity index (χ0) is 12.5. The quantitative estimate of drug-likeness (QED) is 0.802. The molecule has 2 aromatic heterocycles. The Kier molecular flexibility index (Phi) is 1.95. The number of nitrogens with one attached hydrogen (secondary N) is 1. The Morgan fingerprint density at radius 2 is 2.33 bits per heavy atom. The number of oxime groups is 1. The highest BCUT2D eigenvalue weighted by Gasteiger charge is 2.71. The van der Waals surface area contributed by atoms with Crippen molar-refractivity contribution in [1.29, 1.82) is 0 Å². The first-order valence-electron chi connectivity index (χ1n) is 5.99. The molecule has 18 heavy (non-hydrogen) atoms. The highest BCUT2D eigenvalue weighted by Crippen LogP contribution is 2.60. The number of aromatic nitrogens is 2. The molecule has 0 bridgehead atoms. The Morgan fingerprint density at radius 1 is 1.50 bits per heavy atom. The highest BCUT2D eigenvalue weighted by atomic mass is 127. The minimum Gasteiger partial charge on any atom is -0.391 e. The van der Waals surface area contributed by atoms with E-state index < -0.39 is 0 Å². The molecule has 0 amide bonds. The average molecular weight is 353 g/mol. The van der Waals surface area contributed by atoms with Gasteiger partial charge in [0, 0.05) is 18.3 Å². The van der Waals surface area contributed by atoms with Crippen molar-refractivity contribution in [3.05, 3.63) is 27.6 Å².